The number of H-pyrrole nitrogens is 1. The number of nitrogens with one attached hydrogen (secondary N) is 1. The zero-order valence-corrected chi connectivity index (χ0v) is 8.54. The lowest BCUT2D eigenvalue weighted by atomic mass is 10.2. The van der Waals surface area contributed by atoms with Crippen LogP contribution in [0.3, 0.4) is 0 Å². The van der Waals surface area contributed by atoms with Gasteiger partial charge in [-0.2, -0.15) is 4.98 Å². The maximum atomic E-state index is 12.1. The van der Waals surface area contributed by atoms with Gasteiger partial charge in [0, 0.05) is 0 Å². The SMILES string of the molecule is Nc1nc(C(=O)c2ccco2)c2[nH]cnc2n1. The number of hydrogen-bond acceptors (Lipinski definition) is 6. The molecule has 0 saturated heterocycles. The number of nitrogens with two attached hydrogens (primary N) is 1. The van der Waals surface area contributed by atoms with Crippen LogP contribution in [0.25, 0.3) is 11.2 Å². The van der Waals surface area contributed by atoms with Crippen LogP contribution in [0, 0.1) is 0 Å². The minimum absolute atomic E-state index is 0.000457. The summed E-state index contributed by atoms with van der Waals surface area (Å²) in [6.07, 6.45) is 2.85. The molecule has 0 bridgehead atoms. The number of hydrogen-bond donors (Lipinski definition) is 2. The molecule has 3 heterocycles. The molecule has 3 aromatic rings. The van der Waals surface area contributed by atoms with Crippen LogP contribution in [0.5, 0.6) is 0 Å². The number of imidazole rings is 1. The highest BCUT2D eigenvalue weighted by Gasteiger charge is 2.19. The van der Waals surface area contributed by atoms with E-state index in [4.69, 9.17) is 10.2 Å². The first kappa shape index (κ1) is 9.52. The van der Waals surface area contributed by atoms with Crippen molar-refractivity contribution in [1.82, 2.24) is 19.9 Å². The van der Waals surface area contributed by atoms with Gasteiger partial charge in [0.1, 0.15) is 11.2 Å². The number of aromatic amines is 1. The Bertz CT molecular complexity index is 686. The predicted molar refractivity (Wildman–Crippen MR) is 58.2 cm³/mol. The van der Waals surface area contributed by atoms with E-state index < -0.39 is 0 Å². The fourth-order valence-electron chi connectivity index (χ4n) is 1.54. The molecule has 3 aromatic heterocycles. The molecule has 3 rings (SSSR count). The second-order valence-electron chi connectivity index (χ2n) is 3.34. The Balaban J connectivity index is 2.23. The molecule has 7 heteroatoms. The molecule has 17 heavy (non-hydrogen) atoms. The fraction of sp³-hybridized carbons (Fsp3) is 0. The number of nitrogen functional groups attached to an aromatic ring is 1. The van der Waals surface area contributed by atoms with Gasteiger partial charge in [0.05, 0.1) is 12.6 Å². The van der Waals surface area contributed by atoms with Gasteiger partial charge in [0.25, 0.3) is 0 Å². The minimum Gasteiger partial charge on any atom is -0.461 e. The molecule has 0 radical (unpaired) electrons. The summed E-state index contributed by atoms with van der Waals surface area (Å²) in [4.78, 5) is 26.6. The fourth-order valence-corrected chi connectivity index (χ4v) is 1.54. The lowest BCUT2D eigenvalue weighted by Gasteiger charge is -1.99. The summed E-state index contributed by atoms with van der Waals surface area (Å²) in [7, 11) is 0. The molecule has 0 fully saturated rings. The van der Waals surface area contributed by atoms with Crippen LogP contribution in [0.1, 0.15) is 16.2 Å². The second-order valence-corrected chi connectivity index (χ2v) is 3.34. The van der Waals surface area contributed by atoms with Crippen molar-refractivity contribution in [1.29, 1.82) is 0 Å². The van der Waals surface area contributed by atoms with E-state index in [2.05, 4.69) is 19.9 Å². The summed E-state index contributed by atoms with van der Waals surface area (Å²) < 4.78 is 5.03. The Kier molecular flexibility index (Phi) is 1.91. The van der Waals surface area contributed by atoms with Crippen molar-refractivity contribution in [3.05, 3.63) is 36.2 Å². The smallest absolute Gasteiger partial charge is 0.248 e. The van der Waals surface area contributed by atoms with E-state index in [1.807, 2.05) is 0 Å². The van der Waals surface area contributed by atoms with Crippen molar-refractivity contribution >= 4 is 22.9 Å². The number of carbonyl (C=O) groups is 1. The van der Waals surface area contributed by atoms with Gasteiger partial charge in [0.15, 0.2) is 11.4 Å². The van der Waals surface area contributed by atoms with Gasteiger partial charge in [-0.15, -0.1) is 0 Å². The highest BCUT2D eigenvalue weighted by Crippen LogP contribution is 2.16. The van der Waals surface area contributed by atoms with Crippen LogP contribution in [-0.4, -0.2) is 25.7 Å². The van der Waals surface area contributed by atoms with Gasteiger partial charge in [-0.3, -0.25) is 4.79 Å². The predicted octanol–water partition coefficient (Wildman–Crippen LogP) is 0.759. The number of carbonyl (C=O) groups excluding carboxylic acids is 1. The van der Waals surface area contributed by atoms with Crippen LogP contribution in [0.4, 0.5) is 5.95 Å². The van der Waals surface area contributed by atoms with Crippen LogP contribution < -0.4 is 5.73 Å². The highest BCUT2D eigenvalue weighted by molar-refractivity contribution is 6.12. The number of anilines is 1. The standard InChI is InChI=1S/C10H7N5O2/c11-10-14-6(7-9(15-10)13-4-12-7)8(16)5-2-1-3-17-5/h1-4H,(H3,11,12,13,14,15). The third-order valence-electron chi connectivity index (χ3n) is 2.26. The number of aromatic nitrogens is 4. The Morgan fingerprint density at radius 3 is 3.06 bits per heavy atom. The first-order valence-corrected chi connectivity index (χ1v) is 4.80. The van der Waals surface area contributed by atoms with Gasteiger partial charge in [-0.05, 0) is 12.1 Å². The number of fused-ring (bicyclic) bond motifs is 1. The van der Waals surface area contributed by atoms with E-state index in [0.717, 1.165) is 0 Å². The van der Waals surface area contributed by atoms with Crippen molar-refractivity contribution in [2.75, 3.05) is 5.73 Å². The number of rotatable bonds is 2. The van der Waals surface area contributed by atoms with Gasteiger partial charge < -0.3 is 15.1 Å². The molecule has 0 atom stereocenters. The number of ketones is 1. The summed E-state index contributed by atoms with van der Waals surface area (Å²) in [6, 6.07) is 3.19. The topological polar surface area (TPSA) is 111 Å². The largest absolute Gasteiger partial charge is 0.461 e. The van der Waals surface area contributed by atoms with E-state index >= 15 is 0 Å². The molecule has 0 aliphatic heterocycles. The summed E-state index contributed by atoms with van der Waals surface area (Å²) >= 11 is 0. The Hall–Kier alpha value is -2.70. The van der Waals surface area contributed by atoms with Crippen molar-refractivity contribution in [2.45, 2.75) is 0 Å². The maximum Gasteiger partial charge on any atom is 0.248 e. The molecular weight excluding hydrogens is 222 g/mol. The highest BCUT2D eigenvalue weighted by atomic mass is 16.3. The lowest BCUT2D eigenvalue weighted by Crippen LogP contribution is -2.07. The van der Waals surface area contributed by atoms with Crippen molar-refractivity contribution in [3.8, 4) is 0 Å². The summed E-state index contributed by atoms with van der Waals surface area (Å²) in [5.41, 5.74) is 6.47. The van der Waals surface area contributed by atoms with Gasteiger partial charge in [0.2, 0.25) is 11.7 Å². The Morgan fingerprint density at radius 1 is 1.41 bits per heavy atom. The number of furan rings is 1. The molecule has 0 aliphatic rings. The third-order valence-corrected chi connectivity index (χ3v) is 2.26. The van der Waals surface area contributed by atoms with Crippen molar-refractivity contribution < 1.29 is 9.21 Å². The number of nitrogens with zero attached hydrogens (tertiary/aromatic N) is 3. The molecule has 84 valence electrons. The van der Waals surface area contributed by atoms with E-state index in [1.54, 1.807) is 12.1 Å². The lowest BCUT2D eigenvalue weighted by molar-refractivity contribution is 0.101. The summed E-state index contributed by atoms with van der Waals surface area (Å²) in [5.74, 6) is -0.170. The zero-order valence-electron chi connectivity index (χ0n) is 8.54. The van der Waals surface area contributed by atoms with Crippen LogP contribution in [0.15, 0.2) is 29.1 Å². The molecule has 0 amide bonds. The monoisotopic (exact) mass is 229 g/mol. The maximum absolute atomic E-state index is 12.1. The summed E-state index contributed by atoms with van der Waals surface area (Å²) in [6.45, 7) is 0. The minimum atomic E-state index is -0.363. The second kappa shape index (κ2) is 3.41. The average Bonchev–Trinajstić information content (AvgIpc) is 2.97. The van der Waals surface area contributed by atoms with Crippen molar-refractivity contribution in [2.24, 2.45) is 0 Å². The van der Waals surface area contributed by atoms with E-state index in [0.29, 0.717) is 11.2 Å². The van der Waals surface area contributed by atoms with E-state index in [-0.39, 0.29) is 23.2 Å². The molecular formula is C10H7N5O2. The van der Waals surface area contributed by atoms with E-state index in [1.165, 1.54) is 12.6 Å². The third kappa shape index (κ3) is 1.44. The molecule has 0 aliphatic carbocycles. The zero-order chi connectivity index (χ0) is 11.8. The molecule has 7 nitrogen and oxygen atoms in total. The first-order valence-electron chi connectivity index (χ1n) is 4.80. The van der Waals surface area contributed by atoms with Crippen molar-refractivity contribution in [3.63, 3.8) is 0 Å². The Labute approximate surface area is 94.7 Å². The molecule has 0 saturated carbocycles. The summed E-state index contributed by atoms with van der Waals surface area (Å²) in [5, 5.41) is 0. The van der Waals surface area contributed by atoms with Gasteiger partial charge >= 0.3 is 0 Å². The molecule has 0 unspecified atom stereocenters. The molecule has 3 N–H and O–H groups in total. The average molecular weight is 229 g/mol. The van der Waals surface area contributed by atoms with E-state index in [9.17, 15) is 4.79 Å². The first-order chi connectivity index (χ1) is 8.25. The normalized spacial score (nSPS) is 10.8. The van der Waals surface area contributed by atoms with Crippen LogP contribution in [-0.2, 0) is 0 Å². The quantitative estimate of drug-likeness (QED) is 0.627. The van der Waals surface area contributed by atoms with Gasteiger partial charge in [-0.25, -0.2) is 9.97 Å². The molecule has 0 spiro atoms. The molecule has 0 aromatic carbocycles. The Morgan fingerprint density at radius 2 is 2.29 bits per heavy atom. The van der Waals surface area contributed by atoms with Gasteiger partial charge in [-0.1, -0.05) is 0 Å². The van der Waals surface area contributed by atoms with Crippen LogP contribution >= 0.6 is 0 Å². The van der Waals surface area contributed by atoms with Crippen LogP contribution in [0.2, 0.25) is 0 Å².